The molecule has 1 N–H and O–H groups in total. The molecule has 0 fully saturated rings. The molecule has 0 aliphatic rings. The lowest BCUT2D eigenvalue weighted by atomic mass is 10.1. The third kappa shape index (κ3) is 5.00. The van der Waals surface area contributed by atoms with E-state index in [0.29, 0.717) is 22.0 Å². The molecule has 0 atom stereocenters. The minimum absolute atomic E-state index is 0.0644. The zero-order chi connectivity index (χ0) is 16.8. The Morgan fingerprint density at radius 2 is 1.65 bits per heavy atom. The van der Waals surface area contributed by atoms with Gasteiger partial charge in [0.05, 0.1) is 0 Å². The number of Topliss-reactive ketones (excluding diaryl/α,β-unsaturated/α-hetero) is 1. The SMILES string of the molecule is CN(C)C(=O)Nc1ccc(OCC(=O)c2ccc(Cl)cc2)cc1. The number of benzene rings is 2. The highest BCUT2D eigenvalue weighted by molar-refractivity contribution is 6.30. The summed E-state index contributed by atoms with van der Waals surface area (Å²) in [6.45, 7) is -0.0644. The molecule has 23 heavy (non-hydrogen) atoms. The molecule has 6 heteroatoms. The number of anilines is 1. The van der Waals surface area contributed by atoms with Crippen LogP contribution in [0.3, 0.4) is 0 Å². The number of halogens is 1. The molecular formula is C17H17ClN2O3. The Bertz CT molecular complexity index is 682. The lowest BCUT2D eigenvalue weighted by Crippen LogP contribution is -2.27. The molecule has 0 aromatic heterocycles. The number of nitrogens with one attached hydrogen (secondary N) is 1. The number of rotatable bonds is 5. The predicted molar refractivity (Wildman–Crippen MR) is 90.4 cm³/mol. The van der Waals surface area contributed by atoms with E-state index in [1.807, 2.05) is 0 Å². The second kappa shape index (κ2) is 7.65. The monoisotopic (exact) mass is 332 g/mol. The standard InChI is InChI=1S/C17H17ClN2O3/c1-20(2)17(22)19-14-7-9-15(10-8-14)23-11-16(21)12-3-5-13(18)6-4-12/h3-10H,11H2,1-2H3,(H,19,22). The molecule has 0 aliphatic heterocycles. The van der Waals surface area contributed by atoms with Gasteiger partial charge in [-0.2, -0.15) is 0 Å². The first-order valence-electron chi connectivity index (χ1n) is 6.95. The summed E-state index contributed by atoms with van der Waals surface area (Å²) in [6.07, 6.45) is 0. The number of carbonyl (C=O) groups is 2. The molecule has 2 amide bonds. The van der Waals surface area contributed by atoms with Gasteiger partial charge in [-0.1, -0.05) is 11.6 Å². The molecule has 5 nitrogen and oxygen atoms in total. The van der Waals surface area contributed by atoms with Crippen molar-refractivity contribution in [2.45, 2.75) is 0 Å². The van der Waals surface area contributed by atoms with Crippen molar-refractivity contribution in [3.63, 3.8) is 0 Å². The Labute approximate surface area is 139 Å². The topological polar surface area (TPSA) is 58.6 Å². The molecule has 0 radical (unpaired) electrons. The zero-order valence-electron chi connectivity index (χ0n) is 12.9. The first-order chi connectivity index (χ1) is 11.0. The van der Waals surface area contributed by atoms with E-state index in [2.05, 4.69) is 5.32 Å². The highest BCUT2D eigenvalue weighted by atomic mass is 35.5. The first-order valence-corrected chi connectivity index (χ1v) is 7.33. The number of ketones is 1. The normalized spacial score (nSPS) is 10.0. The summed E-state index contributed by atoms with van der Waals surface area (Å²) in [5, 5.41) is 3.30. The molecule has 0 heterocycles. The van der Waals surface area contributed by atoms with E-state index in [9.17, 15) is 9.59 Å². The molecule has 120 valence electrons. The van der Waals surface area contributed by atoms with E-state index in [0.717, 1.165) is 0 Å². The van der Waals surface area contributed by atoms with Crippen LogP contribution in [0.1, 0.15) is 10.4 Å². The smallest absolute Gasteiger partial charge is 0.321 e. The third-order valence-electron chi connectivity index (χ3n) is 3.05. The van der Waals surface area contributed by atoms with Crippen LogP contribution in [0.25, 0.3) is 0 Å². The van der Waals surface area contributed by atoms with Gasteiger partial charge in [-0.05, 0) is 48.5 Å². The van der Waals surface area contributed by atoms with Gasteiger partial charge in [-0.25, -0.2) is 4.79 Å². The Morgan fingerprint density at radius 3 is 2.22 bits per heavy atom. The summed E-state index contributed by atoms with van der Waals surface area (Å²) in [4.78, 5) is 24.9. The fraction of sp³-hybridized carbons (Fsp3) is 0.176. The Kier molecular flexibility index (Phi) is 5.60. The van der Waals surface area contributed by atoms with Crippen LogP contribution in [0.2, 0.25) is 5.02 Å². The molecule has 0 bridgehead atoms. The second-order valence-corrected chi connectivity index (χ2v) is 5.50. The van der Waals surface area contributed by atoms with Crippen molar-refractivity contribution in [1.29, 1.82) is 0 Å². The van der Waals surface area contributed by atoms with E-state index in [-0.39, 0.29) is 18.4 Å². The van der Waals surface area contributed by atoms with Crippen LogP contribution < -0.4 is 10.1 Å². The number of ether oxygens (including phenoxy) is 1. The van der Waals surface area contributed by atoms with Crippen molar-refractivity contribution >= 4 is 29.1 Å². The van der Waals surface area contributed by atoms with Crippen molar-refractivity contribution < 1.29 is 14.3 Å². The molecule has 0 spiro atoms. The highest BCUT2D eigenvalue weighted by Gasteiger charge is 2.07. The fourth-order valence-electron chi connectivity index (χ4n) is 1.74. The number of hydrogen-bond donors (Lipinski definition) is 1. The van der Waals surface area contributed by atoms with Crippen LogP contribution in [0, 0.1) is 0 Å². The maximum absolute atomic E-state index is 12.0. The Balaban J connectivity index is 1.90. The molecule has 0 unspecified atom stereocenters. The molecule has 2 aromatic carbocycles. The van der Waals surface area contributed by atoms with Crippen LogP contribution in [0.15, 0.2) is 48.5 Å². The molecular weight excluding hydrogens is 316 g/mol. The van der Waals surface area contributed by atoms with E-state index < -0.39 is 0 Å². The zero-order valence-corrected chi connectivity index (χ0v) is 13.6. The van der Waals surface area contributed by atoms with Crippen LogP contribution in [0.4, 0.5) is 10.5 Å². The van der Waals surface area contributed by atoms with Crippen LogP contribution >= 0.6 is 11.6 Å². The summed E-state index contributed by atoms with van der Waals surface area (Å²) < 4.78 is 5.45. The minimum atomic E-state index is -0.211. The van der Waals surface area contributed by atoms with Crippen molar-refractivity contribution in [1.82, 2.24) is 4.90 Å². The summed E-state index contributed by atoms with van der Waals surface area (Å²) in [5.41, 5.74) is 1.20. The summed E-state index contributed by atoms with van der Waals surface area (Å²) in [6, 6.07) is 13.3. The maximum Gasteiger partial charge on any atom is 0.321 e. The molecule has 2 rings (SSSR count). The van der Waals surface area contributed by atoms with Gasteiger partial charge in [-0.3, -0.25) is 4.79 Å². The third-order valence-corrected chi connectivity index (χ3v) is 3.30. The van der Waals surface area contributed by atoms with Gasteiger partial charge in [0, 0.05) is 30.4 Å². The number of nitrogens with zero attached hydrogens (tertiary/aromatic N) is 1. The number of carbonyl (C=O) groups excluding carboxylic acids is 2. The number of amides is 2. The summed E-state index contributed by atoms with van der Waals surface area (Å²) >= 11 is 5.78. The van der Waals surface area contributed by atoms with Crippen LogP contribution in [0.5, 0.6) is 5.75 Å². The number of hydrogen-bond acceptors (Lipinski definition) is 3. The van der Waals surface area contributed by atoms with E-state index in [1.54, 1.807) is 62.6 Å². The maximum atomic E-state index is 12.0. The average Bonchev–Trinajstić information content (AvgIpc) is 2.54. The molecule has 0 aliphatic carbocycles. The van der Waals surface area contributed by atoms with Gasteiger partial charge in [-0.15, -0.1) is 0 Å². The van der Waals surface area contributed by atoms with Gasteiger partial charge in [0.2, 0.25) is 0 Å². The van der Waals surface area contributed by atoms with Crippen molar-refractivity contribution in [3.05, 3.63) is 59.1 Å². The first kappa shape index (κ1) is 16.8. The van der Waals surface area contributed by atoms with E-state index >= 15 is 0 Å². The van der Waals surface area contributed by atoms with Crippen LogP contribution in [-0.2, 0) is 0 Å². The quantitative estimate of drug-likeness (QED) is 0.849. The van der Waals surface area contributed by atoms with Crippen molar-refractivity contribution in [3.8, 4) is 5.75 Å². The second-order valence-electron chi connectivity index (χ2n) is 5.07. The van der Waals surface area contributed by atoms with Crippen molar-refractivity contribution in [2.75, 3.05) is 26.0 Å². The lowest BCUT2D eigenvalue weighted by Gasteiger charge is -2.12. The lowest BCUT2D eigenvalue weighted by molar-refractivity contribution is 0.0921. The molecule has 0 saturated heterocycles. The van der Waals surface area contributed by atoms with E-state index in [4.69, 9.17) is 16.3 Å². The van der Waals surface area contributed by atoms with Gasteiger partial charge in [0.1, 0.15) is 5.75 Å². The van der Waals surface area contributed by atoms with Gasteiger partial charge >= 0.3 is 6.03 Å². The fourth-order valence-corrected chi connectivity index (χ4v) is 1.86. The predicted octanol–water partition coefficient (Wildman–Crippen LogP) is 3.70. The highest BCUT2D eigenvalue weighted by Crippen LogP contribution is 2.17. The average molecular weight is 333 g/mol. The molecule has 0 saturated carbocycles. The van der Waals surface area contributed by atoms with Crippen molar-refractivity contribution in [2.24, 2.45) is 0 Å². The largest absolute Gasteiger partial charge is 0.485 e. The summed E-state index contributed by atoms with van der Waals surface area (Å²) in [7, 11) is 3.32. The Morgan fingerprint density at radius 1 is 1.04 bits per heavy atom. The number of urea groups is 1. The van der Waals surface area contributed by atoms with Gasteiger partial charge in [0.25, 0.3) is 0 Å². The molecule has 2 aromatic rings. The van der Waals surface area contributed by atoms with Gasteiger partial charge in [0.15, 0.2) is 12.4 Å². The summed E-state index contributed by atoms with van der Waals surface area (Å²) in [5.74, 6) is 0.418. The van der Waals surface area contributed by atoms with Gasteiger partial charge < -0.3 is 15.0 Å². The van der Waals surface area contributed by atoms with E-state index in [1.165, 1.54) is 4.90 Å². The van der Waals surface area contributed by atoms with Crippen LogP contribution in [-0.4, -0.2) is 37.4 Å². The Hall–Kier alpha value is -2.53. The minimum Gasteiger partial charge on any atom is -0.485 e.